The number of cyclic esters (lactones) is 1. The molecule has 2 atom stereocenters. The van der Waals surface area contributed by atoms with Gasteiger partial charge in [-0.05, 0) is 86.1 Å². The number of aliphatic hydroxyl groups excluding tert-OH is 1. The molecule has 0 saturated carbocycles. The maximum Gasteiger partial charge on any atom is 0.334 e. The first-order valence-corrected chi connectivity index (χ1v) is 16.2. The molecule has 0 unspecified atom stereocenters. The Morgan fingerprint density at radius 3 is 2.30 bits per heavy atom. The molecular weight excluding hydrogens is 552 g/mol. The van der Waals surface area contributed by atoms with E-state index in [0.717, 1.165) is 48.8 Å². The third-order valence-corrected chi connectivity index (χ3v) is 8.56. The highest BCUT2D eigenvalue weighted by atomic mass is 16.6. The van der Waals surface area contributed by atoms with Crippen LogP contribution in [0.15, 0.2) is 64.6 Å². The van der Waals surface area contributed by atoms with Crippen LogP contribution in [0.1, 0.15) is 95.1 Å². The molecule has 1 aliphatic heterocycles. The molecule has 6 heteroatoms. The van der Waals surface area contributed by atoms with E-state index >= 15 is 0 Å². The zero-order valence-corrected chi connectivity index (χ0v) is 27.4. The van der Waals surface area contributed by atoms with Crippen LogP contribution in [0.25, 0.3) is 11.0 Å². The smallest absolute Gasteiger partial charge is 0.334 e. The minimum Gasteiger partial charge on any atom is -0.461 e. The number of ether oxygens (including phenoxy) is 2. The van der Waals surface area contributed by atoms with Crippen molar-refractivity contribution in [2.24, 2.45) is 17.8 Å². The maximum absolute atomic E-state index is 12.8. The van der Waals surface area contributed by atoms with Crippen LogP contribution in [0.2, 0.25) is 0 Å². The number of carbonyl (C=O) groups excluding carboxylic acids is 2. The number of hydrogen-bond acceptors (Lipinski definition) is 6. The second-order valence-corrected chi connectivity index (χ2v) is 13.8. The lowest BCUT2D eigenvalue weighted by molar-refractivity contribution is -0.166. The molecule has 0 spiro atoms. The number of carbonyl (C=O) groups is 2. The van der Waals surface area contributed by atoms with E-state index in [1.165, 1.54) is 16.7 Å². The molecule has 3 aromatic rings. The van der Waals surface area contributed by atoms with Gasteiger partial charge in [0.2, 0.25) is 0 Å². The molecule has 0 bridgehead atoms. The lowest BCUT2D eigenvalue weighted by Crippen LogP contribution is -2.39. The minimum atomic E-state index is -1.23. The minimum absolute atomic E-state index is 0.115. The highest BCUT2D eigenvalue weighted by Crippen LogP contribution is 2.34. The Bertz CT molecular complexity index is 1420. The summed E-state index contributed by atoms with van der Waals surface area (Å²) in [5.74, 6) is 1.32. The number of fused-ring (bicyclic) bond motifs is 1. The van der Waals surface area contributed by atoms with Crippen molar-refractivity contribution in [2.45, 2.75) is 98.0 Å². The molecule has 238 valence electrons. The first-order chi connectivity index (χ1) is 20.9. The third kappa shape index (κ3) is 9.31. The van der Waals surface area contributed by atoms with Gasteiger partial charge in [-0.1, -0.05) is 76.6 Å². The maximum atomic E-state index is 12.8. The number of furan rings is 1. The number of esters is 2. The Hall–Kier alpha value is -3.38. The van der Waals surface area contributed by atoms with Gasteiger partial charge < -0.3 is 19.0 Å². The van der Waals surface area contributed by atoms with Crippen molar-refractivity contribution in [3.05, 3.63) is 82.6 Å². The van der Waals surface area contributed by atoms with E-state index in [-0.39, 0.29) is 25.4 Å². The SMILES string of the molecule is Cc1ccc(CCc2ccc3oc([C@H](C)CC(=O)OC[C@]4(CO)C/C(=C\CC(CC(C)C)CC(C)C)C(=O)O4)cc3c2)cc1. The summed E-state index contributed by atoms with van der Waals surface area (Å²) in [6, 6.07) is 16.9. The van der Waals surface area contributed by atoms with E-state index in [4.69, 9.17) is 13.9 Å². The van der Waals surface area contributed by atoms with Crippen LogP contribution in [0.4, 0.5) is 0 Å². The molecule has 2 aromatic carbocycles. The van der Waals surface area contributed by atoms with Crippen LogP contribution in [-0.2, 0) is 31.9 Å². The predicted octanol–water partition coefficient (Wildman–Crippen LogP) is 8.27. The summed E-state index contributed by atoms with van der Waals surface area (Å²) in [5.41, 5.74) is 3.93. The molecule has 1 N–H and O–H groups in total. The number of benzene rings is 2. The zero-order valence-electron chi connectivity index (χ0n) is 27.4. The van der Waals surface area contributed by atoms with Crippen LogP contribution in [0.5, 0.6) is 0 Å². The van der Waals surface area contributed by atoms with Crippen molar-refractivity contribution < 1.29 is 28.6 Å². The summed E-state index contributed by atoms with van der Waals surface area (Å²) in [4.78, 5) is 25.5. The van der Waals surface area contributed by atoms with Gasteiger partial charge in [-0.25, -0.2) is 4.79 Å². The molecule has 6 nitrogen and oxygen atoms in total. The first kappa shape index (κ1) is 33.5. The van der Waals surface area contributed by atoms with E-state index in [1.807, 2.05) is 25.1 Å². The van der Waals surface area contributed by atoms with Crippen molar-refractivity contribution >= 4 is 22.9 Å². The summed E-state index contributed by atoms with van der Waals surface area (Å²) >= 11 is 0. The van der Waals surface area contributed by atoms with Gasteiger partial charge in [0.1, 0.15) is 18.0 Å². The molecule has 1 aromatic heterocycles. The third-order valence-electron chi connectivity index (χ3n) is 8.56. The van der Waals surface area contributed by atoms with Crippen LogP contribution >= 0.6 is 0 Å². The average Bonchev–Trinajstić information content (AvgIpc) is 3.54. The molecule has 0 aliphatic carbocycles. The van der Waals surface area contributed by atoms with Crippen LogP contribution in [0, 0.1) is 24.7 Å². The number of allylic oxidation sites excluding steroid dienone is 1. The van der Waals surface area contributed by atoms with Crippen LogP contribution in [-0.4, -0.2) is 35.9 Å². The van der Waals surface area contributed by atoms with Crippen molar-refractivity contribution in [2.75, 3.05) is 13.2 Å². The summed E-state index contributed by atoms with van der Waals surface area (Å²) in [6.45, 7) is 12.3. The van der Waals surface area contributed by atoms with E-state index in [1.54, 1.807) is 0 Å². The second kappa shape index (κ2) is 15.1. The number of aliphatic hydroxyl groups is 1. The summed E-state index contributed by atoms with van der Waals surface area (Å²) < 4.78 is 17.2. The van der Waals surface area contributed by atoms with Gasteiger partial charge in [0, 0.05) is 23.3 Å². The predicted molar refractivity (Wildman–Crippen MR) is 174 cm³/mol. The molecular formula is C38H50O6. The summed E-state index contributed by atoms with van der Waals surface area (Å²) in [6.07, 6.45) is 7.21. The van der Waals surface area contributed by atoms with E-state index in [0.29, 0.717) is 23.3 Å². The lowest BCUT2D eigenvalue weighted by Gasteiger charge is -2.24. The molecule has 2 heterocycles. The molecule has 44 heavy (non-hydrogen) atoms. The summed E-state index contributed by atoms with van der Waals surface area (Å²) in [7, 11) is 0. The monoisotopic (exact) mass is 602 g/mol. The highest BCUT2D eigenvalue weighted by molar-refractivity contribution is 5.91. The van der Waals surface area contributed by atoms with Gasteiger partial charge in [0.15, 0.2) is 5.60 Å². The zero-order chi connectivity index (χ0) is 31.9. The average molecular weight is 603 g/mol. The lowest BCUT2D eigenvalue weighted by atomic mass is 9.86. The standard InChI is InChI=1S/C38H50O6/c1-25(2)17-31(18-26(3)4)13-15-32-22-38(23-39,44-37(32)41)24-42-36(40)19-28(6)35-21-33-20-30(14-16-34(33)43-35)12-11-29-9-7-27(5)8-10-29/h7-10,14-16,20-21,25-26,28,31,39H,11-13,17-19,22-24H2,1-6H3/b32-15+/t28-,38-/m1/s1. The van der Waals surface area contributed by atoms with Crippen LogP contribution < -0.4 is 0 Å². The molecule has 1 aliphatic rings. The quantitative estimate of drug-likeness (QED) is 0.139. The normalized spacial score (nSPS) is 18.6. The Labute approximate surface area is 262 Å². The van der Waals surface area contributed by atoms with E-state index in [9.17, 15) is 14.7 Å². The summed E-state index contributed by atoms with van der Waals surface area (Å²) in [5, 5.41) is 11.2. The van der Waals surface area contributed by atoms with Crippen molar-refractivity contribution in [1.82, 2.24) is 0 Å². The Kier molecular flexibility index (Phi) is 11.5. The van der Waals surface area contributed by atoms with E-state index in [2.05, 4.69) is 71.0 Å². The Morgan fingerprint density at radius 1 is 0.977 bits per heavy atom. The van der Waals surface area contributed by atoms with Crippen LogP contribution in [0.3, 0.4) is 0 Å². The van der Waals surface area contributed by atoms with Gasteiger partial charge in [0.25, 0.3) is 0 Å². The number of aryl methyl sites for hydroxylation is 3. The topological polar surface area (TPSA) is 86.0 Å². The molecule has 4 rings (SSSR count). The van der Waals surface area contributed by atoms with Gasteiger partial charge in [-0.2, -0.15) is 0 Å². The van der Waals surface area contributed by atoms with Crippen molar-refractivity contribution in [1.29, 1.82) is 0 Å². The largest absolute Gasteiger partial charge is 0.461 e. The Morgan fingerprint density at radius 2 is 1.64 bits per heavy atom. The first-order valence-electron chi connectivity index (χ1n) is 16.2. The molecule has 1 saturated heterocycles. The number of hydrogen-bond donors (Lipinski definition) is 1. The Balaban J connectivity index is 1.31. The molecule has 0 radical (unpaired) electrons. The molecule has 0 amide bonds. The second-order valence-electron chi connectivity index (χ2n) is 13.8. The van der Waals surface area contributed by atoms with Crippen molar-refractivity contribution in [3.8, 4) is 0 Å². The van der Waals surface area contributed by atoms with E-state index < -0.39 is 24.1 Å². The fraction of sp³-hybridized carbons (Fsp3) is 0.526. The fourth-order valence-corrected chi connectivity index (χ4v) is 6.19. The fourth-order valence-electron chi connectivity index (χ4n) is 6.19. The molecule has 1 fully saturated rings. The van der Waals surface area contributed by atoms with Gasteiger partial charge >= 0.3 is 11.9 Å². The van der Waals surface area contributed by atoms with Gasteiger partial charge in [-0.3, -0.25) is 4.79 Å². The van der Waals surface area contributed by atoms with Gasteiger partial charge in [0.05, 0.1) is 13.0 Å². The van der Waals surface area contributed by atoms with Crippen molar-refractivity contribution in [3.63, 3.8) is 0 Å². The highest BCUT2D eigenvalue weighted by Gasteiger charge is 2.44. The van der Waals surface area contributed by atoms with Gasteiger partial charge in [-0.15, -0.1) is 0 Å². The number of rotatable bonds is 15.